The summed E-state index contributed by atoms with van der Waals surface area (Å²) in [7, 11) is 0. The molecule has 0 saturated carbocycles. The number of hydrogen-bond acceptors (Lipinski definition) is 2. The minimum atomic E-state index is -1.06. The molecule has 0 saturated heterocycles. The van der Waals surface area contributed by atoms with Gasteiger partial charge in [0.1, 0.15) is 11.9 Å². The van der Waals surface area contributed by atoms with Gasteiger partial charge in [-0.1, -0.05) is 53.5 Å². The van der Waals surface area contributed by atoms with Crippen LogP contribution in [0.3, 0.4) is 0 Å². The molecule has 4 nitrogen and oxygen atoms in total. The second kappa shape index (κ2) is 6.07. The smallest absolute Gasteiger partial charge is 0.404 e. The van der Waals surface area contributed by atoms with Crippen LogP contribution in [0.15, 0.2) is 36.4 Å². The molecule has 0 radical (unpaired) electrons. The lowest BCUT2D eigenvalue weighted by atomic mass is 10.0. The highest BCUT2D eigenvalue weighted by Crippen LogP contribution is 2.42. The van der Waals surface area contributed by atoms with E-state index in [0.29, 0.717) is 16.5 Å². The molecule has 2 N–H and O–H groups in total. The van der Waals surface area contributed by atoms with Crippen molar-refractivity contribution < 1.29 is 14.6 Å². The fourth-order valence-electron chi connectivity index (χ4n) is 2.58. The van der Waals surface area contributed by atoms with Gasteiger partial charge in [-0.25, -0.2) is 4.79 Å². The van der Waals surface area contributed by atoms with E-state index in [1.165, 1.54) is 0 Å². The molecule has 114 valence electrons. The molecule has 3 rings (SSSR count). The van der Waals surface area contributed by atoms with E-state index in [1.807, 2.05) is 30.3 Å². The summed E-state index contributed by atoms with van der Waals surface area (Å²) in [5.74, 6) is 0.740. The van der Waals surface area contributed by atoms with Crippen molar-refractivity contribution in [3.8, 4) is 16.9 Å². The predicted molar refractivity (Wildman–Crippen MR) is 86.0 cm³/mol. The van der Waals surface area contributed by atoms with Crippen LogP contribution in [0.5, 0.6) is 5.75 Å². The number of hydrogen-bond donors (Lipinski definition) is 2. The van der Waals surface area contributed by atoms with E-state index in [1.54, 1.807) is 6.07 Å². The zero-order valence-corrected chi connectivity index (χ0v) is 13.0. The van der Waals surface area contributed by atoms with Crippen molar-refractivity contribution >= 4 is 29.3 Å². The maximum absolute atomic E-state index is 10.6. The fourth-order valence-corrected chi connectivity index (χ4v) is 2.98. The summed E-state index contributed by atoms with van der Waals surface area (Å²) >= 11 is 12.4. The highest BCUT2D eigenvalue weighted by atomic mass is 35.5. The molecular weight excluding hydrogens is 325 g/mol. The van der Waals surface area contributed by atoms with Crippen LogP contribution in [0.1, 0.15) is 5.56 Å². The summed E-state index contributed by atoms with van der Waals surface area (Å²) in [5, 5.41) is 12.0. The number of halogens is 2. The van der Waals surface area contributed by atoms with Crippen LogP contribution in [-0.4, -0.2) is 23.8 Å². The van der Waals surface area contributed by atoms with Gasteiger partial charge in [-0.15, -0.1) is 0 Å². The van der Waals surface area contributed by atoms with Gasteiger partial charge in [0.2, 0.25) is 0 Å². The molecular formula is C16H13Cl2NO3. The van der Waals surface area contributed by atoms with Crippen LogP contribution in [0.4, 0.5) is 4.79 Å². The summed E-state index contributed by atoms with van der Waals surface area (Å²) < 4.78 is 5.91. The maximum atomic E-state index is 10.6. The molecule has 1 aliphatic rings. The molecule has 22 heavy (non-hydrogen) atoms. The zero-order chi connectivity index (χ0) is 15.7. The quantitative estimate of drug-likeness (QED) is 0.880. The van der Waals surface area contributed by atoms with Gasteiger partial charge in [0.25, 0.3) is 0 Å². The summed E-state index contributed by atoms with van der Waals surface area (Å²) in [4.78, 5) is 10.6. The number of carbonyl (C=O) groups is 1. The number of para-hydroxylation sites is 1. The van der Waals surface area contributed by atoms with Gasteiger partial charge >= 0.3 is 6.09 Å². The number of benzene rings is 2. The van der Waals surface area contributed by atoms with Gasteiger partial charge in [0.15, 0.2) is 0 Å². The van der Waals surface area contributed by atoms with E-state index >= 15 is 0 Å². The molecule has 0 bridgehead atoms. The molecule has 2 aromatic carbocycles. The summed E-state index contributed by atoms with van der Waals surface area (Å²) in [6.07, 6.45) is -0.621. The van der Waals surface area contributed by atoms with Crippen LogP contribution in [0, 0.1) is 0 Å². The van der Waals surface area contributed by atoms with Crippen molar-refractivity contribution in [3.63, 3.8) is 0 Å². The SMILES string of the molecule is O=C(O)NCC1Cc2cccc(-c3cccc(Cl)c3Cl)c2O1. The lowest BCUT2D eigenvalue weighted by Gasteiger charge is -2.13. The van der Waals surface area contributed by atoms with Gasteiger partial charge in [-0.3, -0.25) is 0 Å². The van der Waals surface area contributed by atoms with E-state index in [2.05, 4.69) is 5.32 Å². The summed E-state index contributed by atoms with van der Waals surface area (Å²) in [5.41, 5.74) is 2.70. The fraction of sp³-hybridized carbons (Fsp3) is 0.188. The largest absolute Gasteiger partial charge is 0.487 e. The van der Waals surface area contributed by atoms with Crippen LogP contribution in [-0.2, 0) is 6.42 Å². The molecule has 0 aromatic heterocycles. The van der Waals surface area contributed by atoms with Crippen LogP contribution in [0.25, 0.3) is 11.1 Å². The average Bonchev–Trinajstić information content (AvgIpc) is 2.91. The molecule has 2 aromatic rings. The zero-order valence-electron chi connectivity index (χ0n) is 11.5. The molecule has 0 aliphatic carbocycles. The number of fused-ring (bicyclic) bond motifs is 1. The Labute approximate surface area is 137 Å². The topological polar surface area (TPSA) is 58.6 Å². The number of ether oxygens (including phenoxy) is 1. The minimum Gasteiger partial charge on any atom is -0.487 e. The third-order valence-electron chi connectivity index (χ3n) is 3.55. The lowest BCUT2D eigenvalue weighted by Crippen LogP contribution is -2.33. The van der Waals surface area contributed by atoms with Gasteiger partial charge in [-0.2, -0.15) is 0 Å². The molecule has 1 unspecified atom stereocenters. The van der Waals surface area contributed by atoms with Crippen molar-refractivity contribution in [1.82, 2.24) is 5.32 Å². The van der Waals surface area contributed by atoms with Crippen molar-refractivity contribution in [2.45, 2.75) is 12.5 Å². The van der Waals surface area contributed by atoms with E-state index in [-0.39, 0.29) is 12.6 Å². The Morgan fingerprint density at radius 2 is 1.95 bits per heavy atom. The van der Waals surface area contributed by atoms with Crippen molar-refractivity contribution in [3.05, 3.63) is 52.0 Å². The monoisotopic (exact) mass is 337 g/mol. The van der Waals surface area contributed by atoms with E-state index < -0.39 is 6.09 Å². The van der Waals surface area contributed by atoms with Crippen molar-refractivity contribution in [2.24, 2.45) is 0 Å². The first kappa shape index (κ1) is 15.0. The second-order valence-corrected chi connectivity index (χ2v) is 5.81. The first-order valence-electron chi connectivity index (χ1n) is 6.76. The van der Waals surface area contributed by atoms with Crippen LogP contribution in [0.2, 0.25) is 10.0 Å². The first-order chi connectivity index (χ1) is 10.6. The molecule has 1 aliphatic heterocycles. The summed E-state index contributed by atoms with van der Waals surface area (Å²) in [6.45, 7) is 0.243. The van der Waals surface area contributed by atoms with Crippen LogP contribution >= 0.6 is 23.2 Å². The third-order valence-corrected chi connectivity index (χ3v) is 4.37. The molecule has 1 heterocycles. The van der Waals surface area contributed by atoms with Crippen LogP contribution < -0.4 is 10.1 Å². The first-order valence-corrected chi connectivity index (χ1v) is 7.51. The average molecular weight is 338 g/mol. The Bertz CT molecular complexity index is 733. The van der Waals surface area contributed by atoms with E-state index in [0.717, 1.165) is 22.4 Å². The third kappa shape index (κ3) is 2.85. The van der Waals surface area contributed by atoms with Gasteiger partial charge in [-0.05, 0) is 11.6 Å². The standard InChI is InChI=1S/C16H13Cl2NO3/c17-13-6-2-4-11(14(13)18)12-5-1-3-9-7-10(22-15(9)12)8-19-16(20)21/h1-6,10,19H,7-8H2,(H,20,21). The van der Waals surface area contributed by atoms with Gasteiger partial charge in [0, 0.05) is 17.5 Å². The Kier molecular flexibility index (Phi) is 4.14. The highest BCUT2D eigenvalue weighted by Gasteiger charge is 2.26. The highest BCUT2D eigenvalue weighted by molar-refractivity contribution is 6.43. The molecule has 1 amide bonds. The predicted octanol–water partition coefficient (Wildman–Crippen LogP) is 4.23. The minimum absolute atomic E-state index is 0.217. The van der Waals surface area contributed by atoms with E-state index in [4.69, 9.17) is 33.0 Å². The molecule has 0 spiro atoms. The molecule has 1 atom stereocenters. The Balaban J connectivity index is 1.93. The lowest BCUT2D eigenvalue weighted by molar-refractivity contribution is 0.181. The summed E-state index contributed by atoms with van der Waals surface area (Å²) in [6, 6.07) is 11.3. The Hall–Kier alpha value is -1.91. The normalized spacial score (nSPS) is 16.0. The Morgan fingerprint density at radius 1 is 1.23 bits per heavy atom. The van der Waals surface area contributed by atoms with Gasteiger partial charge in [0.05, 0.1) is 16.6 Å². The molecule has 0 fully saturated rings. The maximum Gasteiger partial charge on any atom is 0.404 e. The number of carboxylic acid groups (broad SMARTS) is 1. The Morgan fingerprint density at radius 3 is 2.73 bits per heavy atom. The number of nitrogens with one attached hydrogen (secondary N) is 1. The molecule has 6 heteroatoms. The number of amides is 1. The number of rotatable bonds is 3. The second-order valence-electron chi connectivity index (χ2n) is 5.03. The van der Waals surface area contributed by atoms with Gasteiger partial charge < -0.3 is 15.2 Å². The van der Waals surface area contributed by atoms with Crippen molar-refractivity contribution in [2.75, 3.05) is 6.54 Å². The van der Waals surface area contributed by atoms with E-state index in [9.17, 15) is 4.79 Å². The van der Waals surface area contributed by atoms with Crippen molar-refractivity contribution in [1.29, 1.82) is 0 Å².